The van der Waals surface area contributed by atoms with Crippen LogP contribution in [0.3, 0.4) is 0 Å². The lowest BCUT2D eigenvalue weighted by molar-refractivity contribution is 0.768. The van der Waals surface area contributed by atoms with Gasteiger partial charge in [0.2, 0.25) is 0 Å². The van der Waals surface area contributed by atoms with Gasteiger partial charge in [-0.15, -0.1) is 0 Å². The van der Waals surface area contributed by atoms with Crippen LogP contribution in [0.1, 0.15) is 44.5 Å². The van der Waals surface area contributed by atoms with E-state index in [0.29, 0.717) is 0 Å². The Labute approximate surface area is 404 Å². The maximum atomic E-state index is 2.46. The molecule has 0 saturated carbocycles. The summed E-state index contributed by atoms with van der Waals surface area (Å²) in [6, 6.07) is 105. The summed E-state index contributed by atoms with van der Waals surface area (Å²) < 4.78 is 0. The third kappa shape index (κ3) is 6.32. The molecular weight excluding hydrogens is 831 g/mol. The summed E-state index contributed by atoms with van der Waals surface area (Å²) in [5, 5.41) is 0. The van der Waals surface area contributed by atoms with E-state index in [4.69, 9.17) is 0 Å². The van der Waals surface area contributed by atoms with Crippen molar-refractivity contribution in [1.29, 1.82) is 0 Å². The first kappa shape index (κ1) is 40.5. The molecule has 13 rings (SSSR count). The molecule has 1 heteroatoms. The van der Waals surface area contributed by atoms with Gasteiger partial charge >= 0.3 is 0 Å². The van der Waals surface area contributed by atoms with Crippen molar-refractivity contribution in [2.75, 3.05) is 4.90 Å². The van der Waals surface area contributed by atoms with E-state index in [0.717, 1.165) is 17.1 Å². The molecule has 0 aliphatic heterocycles. The van der Waals surface area contributed by atoms with Crippen molar-refractivity contribution in [3.63, 3.8) is 0 Å². The van der Waals surface area contributed by atoms with E-state index in [9.17, 15) is 0 Å². The molecule has 0 amide bonds. The van der Waals surface area contributed by atoms with Crippen LogP contribution in [0.2, 0.25) is 0 Å². The normalized spacial score (nSPS) is 13.4. The van der Waals surface area contributed by atoms with Gasteiger partial charge in [0.05, 0.1) is 10.8 Å². The summed E-state index contributed by atoms with van der Waals surface area (Å²) in [5.74, 6) is 0. The number of anilines is 3. The van der Waals surface area contributed by atoms with E-state index in [1.165, 1.54) is 89.0 Å². The lowest BCUT2D eigenvalue weighted by atomic mass is 9.67. The quantitative estimate of drug-likeness (QED) is 0.140. The van der Waals surface area contributed by atoms with E-state index in [1.807, 2.05) is 0 Å². The van der Waals surface area contributed by atoms with Crippen LogP contribution in [0.5, 0.6) is 0 Å². The molecule has 0 N–H and O–H groups in total. The van der Waals surface area contributed by atoms with E-state index < -0.39 is 10.8 Å². The highest BCUT2D eigenvalue weighted by Gasteiger charge is 2.47. The molecule has 0 aromatic heterocycles. The van der Waals surface area contributed by atoms with Gasteiger partial charge < -0.3 is 4.90 Å². The molecule has 0 spiro atoms. The minimum absolute atomic E-state index is 0.463. The van der Waals surface area contributed by atoms with Gasteiger partial charge in [0.1, 0.15) is 0 Å². The van der Waals surface area contributed by atoms with Crippen molar-refractivity contribution in [3.8, 4) is 44.5 Å². The minimum Gasteiger partial charge on any atom is -0.310 e. The maximum absolute atomic E-state index is 2.46. The molecule has 69 heavy (non-hydrogen) atoms. The predicted molar refractivity (Wildman–Crippen MR) is 287 cm³/mol. The molecule has 0 radical (unpaired) electrons. The van der Waals surface area contributed by atoms with Crippen LogP contribution < -0.4 is 4.90 Å². The van der Waals surface area contributed by atoms with Crippen molar-refractivity contribution < 1.29 is 0 Å². The molecule has 2 aliphatic rings. The monoisotopic (exact) mass is 877 g/mol. The SMILES string of the molecule is c1ccc(-c2ccc(N(c3ccc(-c4ccc5c(c4)C(c4ccccc4)(c4ccccc4)c4ccccc4-5)cc3)c3ccc4c(c3)C(c3ccccc3)(c3ccccc3)c3ccccc3-4)cc2)cc1. The van der Waals surface area contributed by atoms with Crippen molar-refractivity contribution in [3.05, 3.63) is 330 Å². The molecule has 11 aromatic rings. The van der Waals surface area contributed by atoms with Crippen molar-refractivity contribution in [1.82, 2.24) is 0 Å². The number of hydrogen-bond donors (Lipinski definition) is 0. The smallest absolute Gasteiger partial charge is 0.0714 e. The van der Waals surface area contributed by atoms with Gasteiger partial charge in [-0.3, -0.25) is 0 Å². The van der Waals surface area contributed by atoms with Crippen LogP contribution in [0, 0.1) is 0 Å². The van der Waals surface area contributed by atoms with E-state index in [1.54, 1.807) is 0 Å². The molecular formula is C68H47N. The van der Waals surface area contributed by atoms with Gasteiger partial charge in [0.25, 0.3) is 0 Å². The van der Waals surface area contributed by atoms with E-state index in [-0.39, 0.29) is 0 Å². The Kier molecular flexibility index (Phi) is 9.70. The zero-order chi connectivity index (χ0) is 45.8. The Balaban J connectivity index is 0.973. The first-order valence-electron chi connectivity index (χ1n) is 24.0. The van der Waals surface area contributed by atoms with Crippen LogP contribution >= 0.6 is 0 Å². The molecule has 324 valence electrons. The van der Waals surface area contributed by atoms with Crippen LogP contribution in [0.4, 0.5) is 17.1 Å². The maximum Gasteiger partial charge on any atom is 0.0714 e. The Morgan fingerprint density at radius 3 is 0.957 bits per heavy atom. The third-order valence-corrected chi connectivity index (χ3v) is 14.9. The third-order valence-electron chi connectivity index (χ3n) is 14.9. The first-order chi connectivity index (χ1) is 34.2. The first-order valence-corrected chi connectivity index (χ1v) is 24.0. The summed E-state index contributed by atoms with van der Waals surface area (Å²) >= 11 is 0. The van der Waals surface area contributed by atoms with Crippen LogP contribution in [-0.2, 0) is 10.8 Å². The van der Waals surface area contributed by atoms with Crippen LogP contribution in [0.15, 0.2) is 285 Å². The van der Waals surface area contributed by atoms with Gasteiger partial charge in [-0.2, -0.15) is 0 Å². The average molecular weight is 878 g/mol. The molecule has 1 nitrogen and oxygen atoms in total. The number of nitrogens with zero attached hydrogens (tertiary/aromatic N) is 1. The topological polar surface area (TPSA) is 3.24 Å². The Hall–Kier alpha value is -8.78. The van der Waals surface area contributed by atoms with Crippen molar-refractivity contribution in [2.45, 2.75) is 10.8 Å². The average Bonchev–Trinajstić information content (AvgIpc) is 3.90. The highest BCUT2D eigenvalue weighted by Crippen LogP contribution is 2.59. The van der Waals surface area contributed by atoms with Gasteiger partial charge in [-0.1, -0.05) is 243 Å². The fraction of sp³-hybridized carbons (Fsp3) is 0.0294. The predicted octanol–water partition coefficient (Wildman–Crippen LogP) is 17.2. The number of benzene rings is 11. The molecule has 2 aliphatic carbocycles. The fourth-order valence-electron chi connectivity index (χ4n) is 11.9. The molecule has 0 atom stereocenters. The summed E-state index contributed by atoms with van der Waals surface area (Å²) in [6.07, 6.45) is 0. The molecule has 0 heterocycles. The minimum atomic E-state index is -0.515. The second-order valence-electron chi connectivity index (χ2n) is 18.3. The number of rotatable bonds is 9. The van der Waals surface area contributed by atoms with Gasteiger partial charge in [0, 0.05) is 17.1 Å². The standard InChI is InChI=1S/C68H47N/c1-6-20-48(21-7-1)49-34-39-56(40-35-49)69(58-43-45-62-60-31-17-19-33-64(60)68(66(62)47-58,54-26-12-4-13-27-54)55-28-14-5-15-29-55)57-41-36-50(37-42-57)51-38-44-61-59-30-16-18-32-63(59)67(65(61)46-51,52-22-8-2-9-23-52)53-24-10-3-11-25-53/h1-47H. The van der Waals surface area contributed by atoms with Crippen molar-refractivity contribution >= 4 is 17.1 Å². The Morgan fingerprint density at radius 1 is 0.203 bits per heavy atom. The highest BCUT2D eigenvalue weighted by atomic mass is 15.1. The molecule has 11 aromatic carbocycles. The fourth-order valence-corrected chi connectivity index (χ4v) is 11.9. The lowest BCUT2D eigenvalue weighted by Crippen LogP contribution is -2.28. The zero-order valence-electron chi connectivity index (χ0n) is 38.1. The number of fused-ring (bicyclic) bond motifs is 6. The second kappa shape index (κ2) is 16.5. The van der Waals surface area contributed by atoms with Crippen molar-refractivity contribution in [2.24, 2.45) is 0 Å². The second-order valence-corrected chi connectivity index (χ2v) is 18.3. The van der Waals surface area contributed by atoms with Gasteiger partial charge in [0.15, 0.2) is 0 Å². The lowest BCUT2D eigenvalue weighted by Gasteiger charge is -2.35. The van der Waals surface area contributed by atoms with E-state index in [2.05, 4.69) is 290 Å². The Bertz CT molecular complexity index is 3540. The summed E-state index contributed by atoms with van der Waals surface area (Å²) in [4.78, 5) is 2.43. The van der Waals surface area contributed by atoms with E-state index >= 15 is 0 Å². The summed E-state index contributed by atoms with van der Waals surface area (Å²) in [5.41, 5.74) is 22.4. The van der Waals surface area contributed by atoms with Crippen LogP contribution in [0.25, 0.3) is 44.5 Å². The highest BCUT2D eigenvalue weighted by molar-refractivity contribution is 5.91. The molecule has 0 saturated heterocycles. The summed E-state index contributed by atoms with van der Waals surface area (Å²) in [6.45, 7) is 0. The molecule has 0 bridgehead atoms. The summed E-state index contributed by atoms with van der Waals surface area (Å²) in [7, 11) is 0. The van der Waals surface area contributed by atoms with Gasteiger partial charge in [-0.25, -0.2) is 0 Å². The largest absolute Gasteiger partial charge is 0.310 e. The van der Waals surface area contributed by atoms with Crippen LogP contribution in [-0.4, -0.2) is 0 Å². The molecule has 0 fully saturated rings. The Morgan fingerprint density at radius 2 is 0.507 bits per heavy atom. The van der Waals surface area contributed by atoms with Gasteiger partial charge in [-0.05, 0) is 131 Å². The zero-order valence-corrected chi connectivity index (χ0v) is 38.1. The number of hydrogen-bond acceptors (Lipinski definition) is 1. The molecule has 0 unspecified atom stereocenters.